The third-order valence-electron chi connectivity index (χ3n) is 5.07. The van der Waals surface area contributed by atoms with Gasteiger partial charge in [0, 0.05) is 6.04 Å². The van der Waals surface area contributed by atoms with Crippen LogP contribution in [0.2, 0.25) is 0 Å². The molecule has 106 valence electrons. The van der Waals surface area contributed by atoms with Crippen molar-refractivity contribution in [1.82, 2.24) is 5.32 Å². The summed E-state index contributed by atoms with van der Waals surface area (Å²) in [6.07, 6.45) is 6.81. The van der Waals surface area contributed by atoms with Crippen LogP contribution in [0.1, 0.15) is 49.3 Å². The summed E-state index contributed by atoms with van der Waals surface area (Å²) in [6.45, 7) is 6.89. The Hall–Kier alpha value is -0.820. The van der Waals surface area contributed by atoms with Crippen LogP contribution in [0.5, 0.6) is 0 Å². The highest BCUT2D eigenvalue weighted by molar-refractivity contribution is 5.34. The number of hydrogen-bond donors (Lipinski definition) is 1. The predicted octanol–water partition coefficient (Wildman–Crippen LogP) is 4.26. The van der Waals surface area contributed by atoms with E-state index in [0.29, 0.717) is 6.04 Å². The van der Waals surface area contributed by atoms with Crippen molar-refractivity contribution < 1.29 is 0 Å². The van der Waals surface area contributed by atoms with Gasteiger partial charge in [0.25, 0.3) is 0 Å². The van der Waals surface area contributed by atoms with Crippen molar-refractivity contribution in [2.24, 2.45) is 11.8 Å². The molecule has 0 heterocycles. The van der Waals surface area contributed by atoms with Gasteiger partial charge in [0.05, 0.1) is 0 Å². The van der Waals surface area contributed by atoms with Crippen molar-refractivity contribution in [3.8, 4) is 0 Å². The Kier molecular flexibility index (Phi) is 5.04. The maximum Gasteiger partial charge on any atom is 0.0133 e. The third kappa shape index (κ3) is 3.60. The molecule has 0 amide bonds. The Labute approximate surface area is 118 Å². The number of likely N-dealkylation sites (N-methyl/N-ethyl adjacent to an activating group) is 1. The molecule has 1 unspecified atom stereocenters. The lowest BCUT2D eigenvalue weighted by atomic mass is 9.77. The molecule has 1 N–H and O–H groups in total. The zero-order valence-electron chi connectivity index (χ0n) is 13.0. The predicted molar refractivity (Wildman–Crippen MR) is 83.6 cm³/mol. The molecule has 0 radical (unpaired) electrons. The van der Waals surface area contributed by atoms with Crippen LogP contribution in [-0.2, 0) is 6.42 Å². The summed E-state index contributed by atoms with van der Waals surface area (Å²) in [7, 11) is 2.14. The lowest BCUT2D eigenvalue weighted by molar-refractivity contribution is 0.235. The molecule has 1 aliphatic carbocycles. The zero-order valence-corrected chi connectivity index (χ0v) is 13.0. The van der Waals surface area contributed by atoms with Crippen molar-refractivity contribution in [3.05, 3.63) is 34.9 Å². The van der Waals surface area contributed by atoms with Gasteiger partial charge in [-0.05, 0) is 68.7 Å². The second-order valence-corrected chi connectivity index (χ2v) is 6.49. The molecule has 2 rings (SSSR count). The summed E-state index contributed by atoms with van der Waals surface area (Å²) in [5.74, 6) is 1.80. The zero-order chi connectivity index (χ0) is 13.8. The Morgan fingerprint density at radius 2 is 1.68 bits per heavy atom. The van der Waals surface area contributed by atoms with Crippen LogP contribution >= 0.6 is 0 Å². The van der Waals surface area contributed by atoms with Gasteiger partial charge in [0.15, 0.2) is 0 Å². The van der Waals surface area contributed by atoms with E-state index in [1.807, 2.05) is 0 Å². The van der Waals surface area contributed by atoms with Gasteiger partial charge >= 0.3 is 0 Å². The Bertz CT molecular complexity index is 382. The van der Waals surface area contributed by atoms with Crippen LogP contribution in [-0.4, -0.2) is 13.1 Å². The molecule has 1 aromatic carbocycles. The monoisotopic (exact) mass is 259 g/mol. The maximum atomic E-state index is 3.59. The summed E-state index contributed by atoms with van der Waals surface area (Å²) >= 11 is 0. The fraction of sp³-hybridized carbons (Fsp3) is 0.667. The molecule has 1 fully saturated rings. The number of hydrogen-bond acceptors (Lipinski definition) is 1. The van der Waals surface area contributed by atoms with E-state index in [-0.39, 0.29) is 0 Å². The molecule has 0 aliphatic heterocycles. The lowest BCUT2D eigenvalue weighted by Gasteiger charge is -2.33. The van der Waals surface area contributed by atoms with Crippen molar-refractivity contribution in [2.45, 2.75) is 58.9 Å². The largest absolute Gasteiger partial charge is 0.316 e. The fourth-order valence-corrected chi connectivity index (χ4v) is 3.58. The fourth-order valence-electron chi connectivity index (χ4n) is 3.58. The van der Waals surface area contributed by atoms with Crippen LogP contribution in [0, 0.1) is 25.7 Å². The Morgan fingerprint density at radius 1 is 1.11 bits per heavy atom. The van der Waals surface area contributed by atoms with Crippen LogP contribution in [0.4, 0.5) is 0 Å². The molecule has 1 atom stereocenters. The van der Waals surface area contributed by atoms with Crippen LogP contribution in [0.25, 0.3) is 0 Å². The summed E-state index contributed by atoms with van der Waals surface area (Å²) in [6, 6.07) is 7.31. The molecule has 1 aromatic rings. The van der Waals surface area contributed by atoms with E-state index in [1.165, 1.54) is 43.2 Å². The van der Waals surface area contributed by atoms with Crippen molar-refractivity contribution in [3.63, 3.8) is 0 Å². The molecule has 0 bridgehead atoms. The molecular formula is C18H29N. The van der Waals surface area contributed by atoms with Crippen molar-refractivity contribution >= 4 is 0 Å². The number of rotatable bonds is 4. The number of benzene rings is 1. The second kappa shape index (κ2) is 6.56. The summed E-state index contributed by atoms with van der Waals surface area (Å²) < 4.78 is 0. The topological polar surface area (TPSA) is 12.0 Å². The highest BCUT2D eigenvalue weighted by Gasteiger charge is 2.25. The van der Waals surface area contributed by atoms with Gasteiger partial charge in [0.1, 0.15) is 0 Å². The van der Waals surface area contributed by atoms with Gasteiger partial charge in [-0.1, -0.05) is 38.0 Å². The average Bonchev–Trinajstić information content (AvgIpc) is 2.40. The van der Waals surface area contributed by atoms with Gasteiger partial charge in [-0.2, -0.15) is 0 Å². The van der Waals surface area contributed by atoms with Gasteiger partial charge in [-0.3, -0.25) is 0 Å². The first-order valence-electron chi connectivity index (χ1n) is 7.84. The number of nitrogens with one attached hydrogen (secondary N) is 1. The summed E-state index contributed by atoms with van der Waals surface area (Å²) in [5.41, 5.74) is 4.45. The quantitative estimate of drug-likeness (QED) is 0.852. The summed E-state index contributed by atoms with van der Waals surface area (Å²) in [4.78, 5) is 0. The number of aryl methyl sites for hydroxylation is 2. The highest BCUT2D eigenvalue weighted by Crippen LogP contribution is 2.32. The smallest absolute Gasteiger partial charge is 0.0133 e. The van der Waals surface area contributed by atoms with Gasteiger partial charge < -0.3 is 5.32 Å². The SMILES string of the molecule is CNC(Cc1c(C)cccc1C)C1CCC(C)CC1. The first-order valence-corrected chi connectivity index (χ1v) is 7.84. The van der Waals surface area contributed by atoms with Crippen LogP contribution < -0.4 is 5.32 Å². The van der Waals surface area contributed by atoms with Crippen molar-refractivity contribution in [2.75, 3.05) is 7.05 Å². The van der Waals surface area contributed by atoms with E-state index in [1.54, 1.807) is 5.56 Å². The highest BCUT2D eigenvalue weighted by atomic mass is 14.9. The minimum absolute atomic E-state index is 0.646. The third-order valence-corrected chi connectivity index (χ3v) is 5.07. The molecule has 1 aliphatic rings. The van der Waals surface area contributed by atoms with E-state index in [0.717, 1.165) is 11.8 Å². The Balaban J connectivity index is 2.06. The van der Waals surface area contributed by atoms with E-state index >= 15 is 0 Å². The minimum Gasteiger partial charge on any atom is -0.316 e. The first kappa shape index (κ1) is 14.6. The van der Waals surface area contributed by atoms with Gasteiger partial charge in [0.2, 0.25) is 0 Å². The molecule has 1 saturated carbocycles. The average molecular weight is 259 g/mol. The molecular weight excluding hydrogens is 230 g/mol. The minimum atomic E-state index is 0.646. The lowest BCUT2D eigenvalue weighted by Crippen LogP contribution is -2.37. The molecule has 0 spiro atoms. The second-order valence-electron chi connectivity index (χ2n) is 6.49. The van der Waals surface area contributed by atoms with Gasteiger partial charge in [-0.15, -0.1) is 0 Å². The van der Waals surface area contributed by atoms with E-state index in [4.69, 9.17) is 0 Å². The molecule has 1 heteroatoms. The van der Waals surface area contributed by atoms with E-state index in [9.17, 15) is 0 Å². The molecule has 19 heavy (non-hydrogen) atoms. The summed E-state index contributed by atoms with van der Waals surface area (Å²) in [5, 5.41) is 3.59. The van der Waals surface area contributed by atoms with Crippen LogP contribution in [0.3, 0.4) is 0 Å². The first-order chi connectivity index (χ1) is 9.11. The maximum absolute atomic E-state index is 3.59. The molecule has 0 aromatic heterocycles. The van der Waals surface area contributed by atoms with E-state index < -0.39 is 0 Å². The van der Waals surface area contributed by atoms with Gasteiger partial charge in [-0.25, -0.2) is 0 Å². The normalized spacial score (nSPS) is 25.3. The standard InChI is InChI=1S/C18H29N/c1-13-8-10-16(11-9-13)18(19-4)12-17-14(2)6-5-7-15(17)3/h5-7,13,16,18-19H,8-12H2,1-4H3. The molecule has 0 saturated heterocycles. The molecule has 1 nitrogen and oxygen atoms in total. The Morgan fingerprint density at radius 3 is 2.21 bits per heavy atom. The van der Waals surface area contributed by atoms with E-state index in [2.05, 4.69) is 51.3 Å². The van der Waals surface area contributed by atoms with Crippen LogP contribution in [0.15, 0.2) is 18.2 Å². The van der Waals surface area contributed by atoms with Crippen molar-refractivity contribution in [1.29, 1.82) is 0 Å².